The molecule has 0 heterocycles. The van der Waals surface area contributed by atoms with Crippen molar-refractivity contribution in [2.75, 3.05) is 0 Å². The minimum absolute atomic E-state index is 0.133. The molecule has 5 aromatic carbocycles. The topological polar surface area (TPSA) is 18.5 Å². The van der Waals surface area contributed by atoms with E-state index in [4.69, 9.17) is 9.05 Å². The minimum Gasteiger partial charge on any atom is -0.464 e. The maximum Gasteiger partial charge on any atom is 0.150 e. The lowest BCUT2D eigenvalue weighted by molar-refractivity contribution is 0.510. The molecule has 0 bridgehead atoms. The van der Waals surface area contributed by atoms with Gasteiger partial charge in [-0.2, -0.15) is 0 Å². The van der Waals surface area contributed by atoms with Gasteiger partial charge in [0.1, 0.15) is 11.5 Å². The van der Waals surface area contributed by atoms with E-state index in [1.165, 1.54) is 32.3 Å². The van der Waals surface area contributed by atoms with Crippen molar-refractivity contribution in [3.8, 4) is 11.5 Å². The average Bonchev–Trinajstić information content (AvgIpc) is 2.99. The first-order valence-electron chi connectivity index (χ1n) is 14.5. The maximum absolute atomic E-state index is 7.14. The summed E-state index contributed by atoms with van der Waals surface area (Å²) in [5.74, 6) is 1.75. The lowest BCUT2D eigenvalue weighted by atomic mass is 9.80. The molecule has 2 nitrogen and oxygen atoms in total. The van der Waals surface area contributed by atoms with Gasteiger partial charge in [-0.3, -0.25) is 0 Å². The molecule has 5 aromatic rings. The van der Waals surface area contributed by atoms with Gasteiger partial charge in [0, 0.05) is 38.4 Å². The first kappa shape index (κ1) is 30.0. The Morgan fingerprint density at radius 1 is 0.381 bits per heavy atom. The van der Waals surface area contributed by atoms with Gasteiger partial charge in [-0.1, -0.05) is 163 Å². The Hall–Kier alpha value is -3.44. The van der Waals surface area contributed by atoms with E-state index in [0.717, 1.165) is 11.5 Å². The Labute approximate surface area is 254 Å². The zero-order chi connectivity index (χ0) is 29.7. The first-order valence-corrected chi connectivity index (χ1v) is 17.0. The molecule has 0 saturated heterocycles. The molecule has 0 saturated carbocycles. The predicted octanol–water partition coefficient (Wildman–Crippen LogP) is 9.14. The van der Waals surface area contributed by atoms with Crippen LogP contribution in [0.5, 0.6) is 11.5 Å². The molecular formula is C38H40O2P2. The van der Waals surface area contributed by atoms with Crippen molar-refractivity contribution in [2.24, 2.45) is 0 Å². The number of rotatable bonds is 8. The third kappa shape index (κ3) is 7.12. The molecule has 214 valence electrons. The van der Waals surface area contributed by atoms with Crippen LogP contribution in [0.25, 0.3) is 0 Å². The second kappa shape index (κ2) is 12.8. The second-order valence-corrected chi connectivity index (χ2v) is 16.1. The summed E-state index contributed by atoms with van der Waals surface area (Å²) in [4.78, 5) is 0. The summed E-state index contributed by atoms with van der Waals surface area (Å²) >= 11 is 0. The molecule has 0 aliphatic carbocycles. The highest BCUT2D eigenvalue weighted by Gasteiger charge is 2.30. The van der Waals surface area contributed by atoms with Gasteiger partial charge in [0.15, 0.2) is 16.3 Å². The number of hydrogen-bond acceptors (Lipinski definition) is 2. The van der Waals surface area contributed by atoms with Crippen LogP contribution in [-0.2, 0) is 10.8 Å². The van der Waals surface area contributed by atoms with Crippen LogP contribution in [0.1, 0.15) is 52.7 Å². The normalized spacial score (nSPS) is 12.0. The predicted molar refractivity (Wildman–Crippen MR) is 183 cm³/mol. The zero-order valence-corrected chi connectivity index (χ0v) is 27.2. The van der Waals surface area contributed by atoms with Crippen LogP contribution >= 0.6 is 16.3 Å². The smallest absolute Gasteiger partial charge is 0.150 e. The van der Waals surface area contributed by atoms with Crippen molar-refractivity contribution >= 4 is 37.5 Å². The fraction of sp³-hybridized carbons (Fsp3) is 0.211. The molecule has 4 heteroatoms. The van der Waals surface area contributed by atoms with E-state index in [-0.39, 0.29) is 10.8 Å². The van der Waals surface area contributed by atoms with Crippen molar-refractivity contribution in [1.82, 2.24) is 0 Å². The molecule has 0 spiro atoms. The highest BCUT2D eigenvalue weighted by molar-refractivity contribution is 7.69. The van der Waals surface area contributed by atoms with Crippen LogP contribution in [0.4, 0.5) is 0 Å². The molecule has 0 radical (unpaired) electrons. The maximum atomic E-state index is 7.14. The van der Waals surface area contributed by atoms with E-state index in [1.54, 1.807) is 0 Å². The molecule has 5 rings (SSSR count). The van der Waals surface area contributed by atoms with Gasteiger partial charge < -0.3 is 9.05 Å². The van der Waals surface area contributed by atoms with E-state index in [2.05, 4.69) is 175 Å². The Balaban J connectivity index is 1.68. The van der Waals surface area contributed by atoms with Gasteiger partial charge >= 0.3 is 0 Å². The van der Waals surface area contributed by atoms with E-state index in [0.29, 0.717) is 0 Å². The summed E-state index contributed by atoms with van der Waals surface area (Å²) < 4.78 is 14.3. The van der Waals surface area contributed by atoms with Crippen molar-refractivity contribution in [3.05, 3.63) is 145 Å². The molecular weight excluding hydrogens is 550 g/mol. The molecule has 0 atom stereocenters. The van der Waals surface area contributed by atoms with Crippen LogP contribution in [0.15, 0.2) is 133 Å². The highest BCUT2D eigenvalue weighted by Crippen LogP contribution is 2.49. The molecule has 42 heavy (non-hydrogen) atoms. The van der Waals surface area contributed by atoms with Gasteiger partial charge in [0.05, 0.1) is 0 Å². The van der Waals surface area contributed by atoms with Crippen molar-refractivity contribution in [1.29, 1.82) is 0 Å². The third-order valence-corrected chi connectivity index (χ3v) is 10.9. The van der Waals surface area contributed by atoms with Crippen LogP contribution < -0.4 is 30.3 Å². The lowest BCUT2D eigenvalue weighted by Gasteiger charge is -2.32. The summed E-state index contributed by atoms with van der Waals surface area (Å²) in [7, 11) is -2.20. The first-order chi connectivity index (χ1) is 20.1. The fourth-order valence-electron chi connectivity index (χ4n) is 4.84. The number of benzene rings is 5. The highest BCUT2D eigenvalue weighted by atomic mass is 31.1. The summed E-state index contributed by atoms with van der Waals surface area (Å²) in [5, 5.41) is 4.71. The number of hydrogen-bond donors (Lipinski definition) is 0. The van der Waals surface area contributed by atoms with E-state index < -0.39 is 16.3 Å². The van der Waals surface area contributed by atoms with Crippen molar-refractivity contribution < 1.29 is 9.05 Å². The van der Waals surface area contributed by atoms with Gasteiger partial charge in [0.2, 0.25) is 0 Å². The average molecular weight is 591 g/mol. The molecule has 0 aromatic heterocycles. The van der Waals surface area contributed by atoms with Crippen molar-refractivity contribution in [2.45, 2.75) is 52.4 Å². The molecule has 0 N–H and O–H groups in total. The second-order valence-electron chi connectivity index (χ2n) is 12.5. The molecule has 0 aliphatic heterocycles. The summed E-state index contributed by atoms with van der Waals surface area (Å²) in [6, 6.07) is 46.8. The Morgan fingerprint density at radius 2 is 0.643 bits per heavy atom. The standard InChI is InChI=1S/C38H40O2P2/c1-37(2,3)33-27-34(38(4,5)6)36(40-42(31-23-15-9-16-24-31)32-25-17-10-18-26-32)28-35(33)39-41(29-19-11-7-12-20-29)30-21-13-8-14-22-30/h7-28H,1-6H3. The summed E-state index contributed by atoms with van der Waals surface area (Å²) in [5.41, 5.74) is 2.10. The minimum atomic E-state index is -1.10. The van der Waals surface area contributed by atoms with E-state index in [1.807, 2.05) is 0 Å². The molecule has 0 fully saturated rings. The van der Waals surface area contributed by atoms with Crippen LogP contribution in [0.2, 0.25) is 0 Å². The molecule has 0 aliphatic rings. The third-order valence-electron chi connectivity index (χ3n) is 7.04. The molecule has 0 unspecified atom stereocenters. The molecule has 0 amide bonds. The Morgan fingerprint density at radius 3 is 0.881 bits per heavy atom. The SMILES string of the molecule is CC(C)(C)c1cc(C(C)(C)C)c(OP(c2ccccc2)c2ccccc2)cc1OP(c1ccccc1)c1ccccc1. The zero-order valence-electron chi connectivity index (χ0n) is 25.4. The quantitative estimate of drug-likeness (QED) is 0.168. The van der Waals surface area contributed by atoms with Crippen LogP contribution in [0, 0.1) is 0 Å². The van der Waals surface area contributed by atoms with Gasteiger partial charge in [0.25, 0.3) is 0 Å². The van der Waals surface area contributed by atoms with Crippen molar-refractivity contribution in [3.63, 3.8) is 0 Å². The van der Waals surface area contributed by atoms with Crippen LogP contribution in [-0.4, -0.2) is 0 Å². The monoisotopic (exact) mass is 590 g/mol. The van der Waals surface area contributed by atoms with E-state index in [9.17, 15) is 0 Å². The van der Waals surface area contributed by atoms with Gasteiger partial charge in [-0.05, 0) is 16.9 Å². The van der Waals surface area contributed by atoms with Gasteiger partial charge in [-0.15, -0.1) is 0 Å². The Bertz CT molecular complexity index is 1380. The Kier molecular flexibility index (Phi) is 9.17. The fourth-order valence-corrected chi connectivity index (χ4v) is 8.33. The van der Waals surface area contributed by atoms with Gasteiger partial charge in [-0.25, -0.2) is 0 Å². The summed E-state index contributed by atoms with van der Waals surface area (Å²) in [6.07, 6.45) is 0. The largest absolute Gasteiger partial charge is 0.464 e. The van der Waals surface area contributed by atoms with Crippen LogP contribution in [0.3, 0.4) is 0 Å². The van der Waals surface area contributed by atoms with E-state index >= 15 is 0 Å². The summed E-state index contributed by atoms with van der Waals surface area (Å²) in [6.45, 7) is 13.6. The lowest BCUT2D eigenvalue weighted by Crippen LogP contribution is -2.22.